The van der Waals surface area contributed by atoms with E-state index in [1.807, 2.05) is 0 Å². The van der Waals surface area contributed by atoms with Gasteiger partial charge in [-0.3, -0.25) is 4.90 Å². The van der Waals surface area contributed by atoms with Crippen molar-refractivity contribution in [3.05, 3.63) is 0 Å². The molecule has 2 unspecified atom stereocenters. The lowest BCUT2D eigenvalue weighted by Gasteiger charge is -2.48. The first-order chi connectivity index (χ1) is 10.1. The van der Waals surface area contributed by atoms with Gasteiger partial charge in [-0.15, -0.1) is 0 Å². The summed E-state index contributed by atoms with van der Waals surface area (Å²) < 4.78 is 0. The summed E-state index contributed by atoms with van der Waals surface area (Å²) in [4.78, 5) is 2.68. The molecule has 2 saturated carbocycles. The highest BCUT2D eigenvalue weighted by molar-refractivity contribution is 4.96. The van der Waals surface area contributed by atoms with Gasteiger partial charge in [0.1, 0.15) is 0 Å². The molecule has 0 heterocycles. The molecule has 2 nitrogen and oxygen atoms in total. The van der Waals surface area contributed by atoms with Gasteiger partial charge in [0.15, 0.2) is 0 Å². The van der Waals surface area contributed by atoms with Gasteiger partial charge in [-0.2, -0.15) is 0 Å². The zero-order chi connectivity index (χ0) is 15.3. The standard InChI is InChI=1S/C19H38N2/c1-16(2)12-18-10-7-11-19(13-18,15-20)21(3)14-17-8-5-4-6-9-17/h16-18H,4-15,20H2,1-3H3. The van der Waals surface area contributed by atoms with E-state index in [1.165, 1.54) is 70.8 Å². The Labute approximate surface area is 132 Å². The van der Waals surface area contributed by atoms with Crippen molar-refractivity contribution in [1.82, 2.24) is 4.90 Å². The molecule has 2 N–H and O–H groups in total. The Kier molecular flexibility index (Phi) is 6.55. The van der Waals surface area contributed by atoms with Crippen LogP contribution in [-0.4, -0.2) is 30.6 Å². The average molecular weight is 295 g/mol. The van der Waals surface area contributed by atoms with Crippen molar-refractivity contribution >= 4 is 0 Å². The third-order valence-electron chi connectivity index (χ3n) is 6.17. The molecule has 0 spiro atoms. The summed E-state index contributed by atoms with van der Waals surface area (Å²) >= 11 is 0. The molecule has 2 aliphatic carbocycles. The normalized spacial score (nSPS) is 32.0. The van der Waals surface area contributed by atoms with Gasteiger partial charge in [0.05, 0.1) is 0 Å². The van der Waals surface area contributed by atoms with Crippen LogP contribution in [0, 0.1) is 17.8 Å². The molecule has 124 valence electrons. The molecule has 0 radical (unpaired) electrons. The highest BCUT2D eigenvalue weighted by atomic mass is 15.2. The summed E-state index contributed by atoms with van der Waals surface area (Å²) in [5.41, 5.74) is 6.60. The Morgan fingerprint density at radius 3 is 2.33 bits per heavy atom. The van der Waals surface area contributed by atoms with Gasteiger partial charge in [0.2, 0.25) is 0 Å². The summed E-state index contributed by atoms with van der Waals surface area (Å²) in [6, 6.07) is 0. The lowest BCUT2D eigenvalue weighted by atomic mass is 9.72. The number of rotatable bonds is 6. The van der Waals surface area contributed by atoms with Crippen LogP contribution in [0.2, 0.25) is 0 Å². The van der Waals surface area contributed by atoms with Gasteiger partial charge >= 0.3 is 0 Å². The van der Waals surface area contributed by atoms with Gasteiger partial charge in [-0.1, -0.05) is 46.0 Å². The molecule has 2 fully saturated rings. The predicted molar refractivity (Wildman–Crippen MR) is 92.4 cm³/mol. The zero-order valence-electron chi connectivity index (χ0n) is 14.7. The molecule has 2 atom stereocenters. The summed E-state index contributed by atoms with van der Waals surface area (Å²) in [7, 11) is 2.36. The third-order valence-corrected chi connectivity index (χ3v) is 6.17. The monoisotopic (exact) mass is 294 g/mol. The highest BCUT2D eigenvalue weighted by Gasteiger charge is 2.39. The van der Waals surface area contributed by atoms with Crippen LogP contribution in [-0.2, 0) is 0 Å². The lowest BCUT2D eigenvalue weighted by Crippen LogP contribution is -2.56. The second kappa shape index (κ2) is 7.97. The number of likely N-dealkylation sites (N-methyl/N-ethyl adjacent to an activating group) is 1. The maximum Gasteiger partial charge on any atom is 0.0331 e. The van der Waals surface area contributed by atoms with E-state index in [4.69, 9.17) is 5.73 Å². The van der Waals surface area contributed by atoms with E-state index in [0.29, 0.717) is 5.54 Å². The molecule has 0 amide bonds. The van der Waals surface area contributed by atoms with Crippen LogP contribution in [0.1, 0.15) is 78.1 Å². The van der Waals surface area contributed by atoms with E-state index in [-0.39, 0.29) is 0 Å². The predicted octanol–water partition coefficient (Wildman–Crippen LogP) is 4.43. The summed E-state index contributed by atoms with van der Waals surface area (Å²) in [5.74, 6) is 2.65. The molecule has 0 aliphatic heterocycles. The van der Waals surface area contributed by atoms with Crippen LogP contribution >= 0.6 is 0 Å². The van der Waals surface area contributed by atoms with Crippen molar-refractivity contribution in [3.63, 3.8) is 0 Å². The fourth-order valence-corrected chi connectivity index (χ4v) is 4.97. The van der Waals surface area contributed by atoms with E-state index < -0.39 is 0 Å². The number of hydrogen-bond donors (Lipinski definition) is 1. The molecule has 0 aromatic carbocycles. The fourth-order valence-electron chi connectivity index (χ4n) is 4.97. The van der Waals surface area contributed by atoms with E-state index in [2.05, 4.69) is 25.8 Å². The van der Waals surface area contributed by atoms with E-state index in [1.54, 1.807) is 0 Å². The first kappa shape index (κ1) is 17.3. The fraction of sp³-hybridized carbons (Fsp3) is 1.00. The minimum absolute atomic E-state index is 0.301. The minimum Gasteiger partial charge on any atom is -0.329 e. The molecular formula is C19H38N2. The maximum absolute atomic E-state index is 6.30. The van der Waals surface area contributed by atoms with Crippen LogP contribution in [0.5, 0.6) is 0 Å². The quantitative estimate of drug-likeness (QED) is 0.785. The van der Waals surface area contributed by atoms with Crippen molar-refractivity contribution in [2.75, 3.05) is 20.1 Å². The van der Waals surface area contributed by atoms with Crippen LogP contribution in [0.3, 0.4) is 0 Å². The van der Waals surface area contributed by atoms with E-state index in [0.717, 1.165) is 24.3 Å². The molecular weight excluding hydrogens is 256 g/mol. The third kappa shape index (κ3) is 4.69. The largest absolute Gasteiger partial charge is 0.329 e. The first-order valence-electron chi connectivity index (χ1n) is 9.47. The smallest absolute Gasteiger partial charge is 0.0331 e. The Hall–Kier alpha value is -0.0800. The van der Waals surface area contributed by atoms with Crippen molar-refractivity contribution in [3.8, 4) is 0 Å². The molecule has 0 aromatic heterocycles. The second-order valence-electron chi connectivity index (χ2n) is 8.40. The van der Waals surface area contributed by atoms with Crippen molar-refractivity contribution in [2.24, 2.45) is 23.5 Å². The van der Waals surface area contributed by atoms with Crippen LogP contribution in [0.15, 0.2) is 0 Å². The molecule has 21 heavy (non-hydrogen) atoms. The second-order valence-corrected chi connectivity index (χ2v) is 8.40. The number of nitrogens with zero attached hydrogens (tertiary/aromatic N) is 1. The van der Waals surface area contributed by atoms with Crippen LogP contribution in [0.4, 0.5) is 0 Å². The Balaban J connectivity index is 1.94. The highest BCUT2D eigenvalue weighted by Crippen LogP contribution is 2.39. The van der Waals surface area contributed by atoms with Gasteiger partial charge in [-0.25, -0.2) is 0 Å². The van der Waals surface area contributed by atoms with Crippen molar-refractivity contribution < 1.29 is 0 Å². The van der Waals surface area contributed by atoms with Gasteiger partial charge in [0, 0.05) is 18.6 Å². The SMILES string of the molecule is CC(C)CC1CCCC(CN)(N(C)CC2CCCCC2)C1. The molecule has 0 saturated heterocycles. The zero-order valence-corrected chi connectivity index (χ0v) is 14.7. The van der Waals surface area contributed by atoms with Crippen LogP contribution in [0.25, 0.3) is 0 Å². The average Bonchev–Trinajstić information content (AvgIpc) is 2.47. The molecule has 2 rings (SSSR count). The Morgan fingerprint density at radius 1 is 1.05 bits per heavy atom. The van der Waals surface area contributed by atoms with Crippen molar-refractivity contribution in [1.29, 1.82) is 0 Å². The molecule has 0 aromatic rings. The molecule has 2 heteroatoms. The summed E-state index contributed by atoms with van der Waals surface area (Å²) in [6.07, 6.45) is 14.1. The summed E-state index contributed by atoms with van der Waals surface area (Å²) in [5, 5.41) is 0. The number of hydrogen-bond acceptors (Lipinski definition) is 2. The van der Waals surface area contributed by atoms with Crippen molar-refractivity contribution in [2.45, 2.75) is 83.6 Å². The molecule has 0 bridgehead atoms. The van der Waals surface area contributed by atoms with Gasteiger partial charge in [0.25, 0.3) is 0 Å². The number of nitrogens with two attached hydrogens (primary N) is 1. The van der Waals surface area contributed by atoms with E-state index >= 15 is 0 Å². The molecule has 2 aliphatic rings. The van der Waals surface area contributed by atoms with Crippen LogP contribution < -0.4 is 5.73 Å². The maximum atomic E-state index is 6.30. The minimum atomic E-state index is 0.301. The summed E-state index contributed by atoms with van der Waals surface area (Å²) in [6.45, 7) is 6.87. The Morgan fingerprint density at radius 2 is 1.71 bits per heavy atom. The topological polar surface area (TPSA) is 29.3 Å². The van der Waals surface area contributed by atoms with Gasteiger partial charge < -0.3 is 5.73 Å². The lowest BCUT2D eigenvalue weighted by molar-refractivity contribution is 0.0359. The Bertz CT molecular complexity index is 296. The van der Waals surface area contributed by atoms with Gasteiger partial charge in [-0.05, 0) is 56.9 Å². The van der Waals surface area contributed by atoms with E-state index in [9.17, 15) is 0 Å². The first-order valence-corrected chi connectivity index (χ1v) is 9.47.